The van der Waals surface area contributed by atoms with Crippen LogP contribution in [-0.2, 0) is 0 Å². The third-order valence-electron chi connectivity index (χ3n) is 3.11. The molecule has 0 aliphatic rings. The maximum atomic E-state index is 12.3. The summed E-state index contributed by atoms with van der Waals surface area (Å²) in [5.74, 6) is -0.515. The van der Waals surface area contributed by atoms with Gasteiger partial charge in [0.25, 0.3) is 11.6 Å². The zero-order chi connectivity index (χ0) is 15.6. The molecular formula is C15H15N3O3. The van der Waals surface area contributed by atoms with E-state index in [1.165, 1.54) is 18.2 Å². The molecular weight excluding hydrogens is 270 g/mol. The van der Waals surface area contributed by atoms with Gasteiger partial charge in [-0.1, -0.05) is 12.1 Å². The Balaban J connectivity index is 2.38. The summed E-state index contributed by atoms with van der Waals surface area (Å²) in [6, 6.07) is 7.71. The molecule has 0 fully saturated rings. The normalized spacial score (nSPS) is 10.2. The molecule has 108 valence electrons. The van der Waals surface area contributed by atoms with Gasteiger partial charge < -0.3 is 5.32 Å². The van der Waals surface area contributed by atoms with E-state index in [4.69, 9.17) is 0 Å². The van der Waals surface area contributed by atoms with Gasteiger partial charge in [-0.2, -0.15) is 0 Å². The van der Waals surface area contributed by atoms with Gasteiger partial charge in [-0.25, -0.2) is 0 Å². The number of carbonyl (C=O) groups is 1. The number of amides is 1. The molecule has 0 aliphatic heterocycles. The van der Waals surface area contributed by atoms with E-state index in [0.29, 0.717) is 11.4 Å². The molecule has 0 spiro atoms. The lowest BCUT2D eigenvalue weighted by atomic mass is 10.1. The molecule has 0 saturated carbocycles. The molecule has 1 N–H and O–H groups in total. The highest BCUT2D eigenvalue weighted by Gasteiger charge is 2.20. The van der Waals surface area contributed by atoms with E-state index in [1.54, 1.807) is 13.0 Å². The third-order valence-corrected chi connectivity index (χ3v) is 3.11. The number of rotatable bonds is 3. The second kappa shape index (κ2) is 5.70. The molecule has 6 nitrogen and oxygen atoms in total. The Morgan fingerprint density at radius 1 is 1.24 bits per heavy atom. The summed E-state index contributed by atoms with van der Waals surface area (Å²) in [6.45, 7) is 5.51. The monoisotopic (exact) mass is 285 g/mol. The Morgan fingerprint density at radius 3 is 2.52 bits per heavy atom. The predicted octanol–water partition coefficient (Wildman–Crippen LogP) is 3.17. The van der Waals surface area contributed by atoms with Gasteiger partial charge in [0.15, 0.2) is 0 Å². The van der Waals surface area contributed by atoms with Crippen LogP contribution >= 0.6 is 0 Å². The highest BCUT2D eigenvalue weighted by atomic mass is 16.6. The van der Waals surface area contributed by atoms with Gasteiger partial charge >= 0.3 is 0 Å². The number of nitro benzene ring substituents is 1. The van der Waals surface area contributed by atoms with Gasteiger partial charge in [-0.15, -0.1) is 0 Å². The Morgan fingerprint density at radius 2 is 1.90 bits per heavy atom. The average Bonchev–Trinajstić information content (AvgIpc) is 2.42. The van der Waals surface area contributed by atoms with Crippen molar-refractivity contribution in [3.63, 3.8) is 0 Å². The topological polar surface area (TPSA) is 85.1 Å². The highest BCUT2D eigenvalue weighted by molar-refractivity contribution is 6.07. The maximum Gasteiger partial charge on any atom is 0.282 e. The van der Waals surface area contributed by atoms with Crippen LogP contribution in [0.3, 0.4) is 0 Å². The van der Waals surface area contributed by atoms with Crippen LogP contribution in [0.25, 0.3) is 0 Å². The zero-order valence-corrected chi connectivity index (χ0v) is 12.0. The number of hydrogen-bond donors (Lipinski definition) is 1. The van der Waals surface area contributed by atoms with Crippen LogP contribution in [0.4, 0.5) is 11.4 Å². The first kappa shape index (κ1) is 14.6. The van der Waals surface area contributed by atoms with Crippen molar-refractivity contribution < 1.29 is 9.72 Å². The number of aryl methyl sites for hydroxylation is 3. The number of benzene rings is 1. The van der Waals surface area contributed by atoms with E-state index < -0.39 is 10.8 Å². The fourth-order valence-electron chi connectivity index (χ4n) is 2.22. The van der Waals surface area contributed by atoms with E-state index in [2.05, 4.69) is 10.3 Å². The second-order valence-corrected chi connectivity index (χ2v) is 4.77. The average molecular weight is 285 g/mol. The largest absolute Gasteiger partial charge is 0.320 e. The number of nitrogens with zero attached hydrogens (tertiary/aromatic N) is 2. The highest BCUT2D eigenvalue weighted by Crippen LogP contribution is 2.23. The van der Waals surface area contributed by atoms with Gasteiger partial charge in [0, 0.05) is 11.8 Å². The summed E-state index contributed by atoms with van der Waals surface area (Å²) in [5, 5.41) is 13.7. The van der Waals surface area contributed by atoms with Crippen LogP contribution in [-0.4, -0.2) is 15.8 Å². The van der Waals surface area contributed by atoms with Crippen LogP contribution in [0.15, 0.2) is 30.3 Å². The molecule has 0 saturated heterocycles. The van der Waals surface area contributed by atoms with E-state index >= 15 is 0 Å². The van der Waals surface area contributed by atoms with Crippen molar-refractivity contribution in [2.45, 2.75) is 20.8 Å². The Labute approximate surface area is 122 Å². The quantitative estimate of drug-likeness (QED) is 0.693. The number of carbonyl (C=O) groups excluding carboxylic acids is 1. The molecule has 1 heterocycles. The molecule has 1 amide bonds. The van der Waals surface area contributed by atoms with Crippen LogP contribution in [0.2, 0.25) is 0 Å². The molecule has 1 aromatic carbocycles. The zero-order valence-electron chi connectivity index (χ0n) is 12.0. The molecule has 0 bridgehead atoms. The summed E-state index contributed by atoms with van der Waals surface area (Å²) in [4.78, 5) is 27.0. The molecule has 0 radical (unpaired) electrons. The number of pyridine rings is 1. The van der Waals surface area contributed by atoms with Crippen LogP contribution in [0.5, 0.6) is 0 Å². The summed E-state index contributed by atoms with van der Waals surface area (Å²) in [5.41, 5.74) is 2.80. The molecule has 1 aromatic heterocycles. The fraction of sp³-hybridized carbons (Fsp3) is 0.200. The first-order chi connectivity index (χ1) is 9.90. The third kappa shape index (κ3) is 3.05. The molecule has 0 unspecified atom stereocenters. The summed E-state index contributed by atoms with van der Waals surface area (Å²) in [7, 11) is 0. The number of hydrogen-bond acceptors (Lipinski definition) is 4. The number of nitro groups is 1. The van der Waals surface area contributed by atoms with Crippen LogP contribution in [0, 0.1) is 30.9 Å². The van der Waals surface area contributed by atoms with Gasteiger partial charge in [0.05, 0.1) is 16.3 Å². The number of para-hydroxylation sites is 1. The van der Waals surface area contributed by atoms with Crippen LogP contribution in [0.1, 0.15) is 27.3 Å². The molecule has 21 heavy (non-hydrogen) atoms. The van der Waals surface area contributed by atoms with E-state index in [1.807, 2.05) is 19.9 Å². The van der Waals surface area contributed by atoms with Crippen molar-refractivity contribution >= 4 is 17.3 Å². The van der Waals surface area contributed by atoms with Crippen LogP contribution < -0.4 is 5.32 Å². The summed E-state index contributed by atoms with van der Waals surface area (Å²) >= 11 is 0. The lowest BCUT2D eigenvalue weighted by molar-refractivity contribution is -0.385. The first-order valence-electron chi connectivity index (χ1n) is 6.39. The van der Waals surface area contributed by atoms with Gasteiger partial charge in [0.2, 0.25) is 0 Å². The van der Waals surface area contributed by atoms with Crippen molar-refractivity contribution in [3.8, 4) is 0 Å². The summed E-state index contributed by atoms with van der Waals surface area (Å²) < 4.78 is 0. The molecule has 6 heteroatoms. The van der Waals surface area contributed by atoms with Crippen molar-refractivity contribution in [3.05, 3.63) is 63.0 Å². The molecule has 0 atom stereocenters. The minimum absolute atomic E-state index is 0.0295. The van der Waals surface area contributed by atoms with Crippen molar-refractivity contribution in [2.24, 2.45) is 0 Å². The Kier molecular flexibility index (Phi) is 3.98. The van der Waals surface area contributed by atoms with Gasteiger partial charge in [-0.3, -0.25) is 19.9 Å². The van der Waals surface area contributed by atoms with Crippen molar-refractivity contribution in [1.29, 1.82) is 0 Å². The van der Waals surface area contributed by atoms with E-state index in [-0.39, 0.29) is 11.3 Å². The lowest BCUT2D eigenvalue weighted by Gasteiger charge is -2.12. The minimum atomic E-state index is -0.567. The van der Waals surface area contributed by atoms with Gasteiger partial charge in [0.1, 0.15) is 5.56 Å². The Hall–Kier alpha value is -2.76. The summed E-state index contributed by atoms with van der Waals surface area (Å²) in [6.07, 6.45) is 0. The SMILES string of the molecule is Cc1cc(C)c(NC(=O)c2ccccc2[N+](=O)[O-])c(C)n1. The first-order valence-corrected chi connectivity index (χ1v) is 6.39. The molecule has 0 aliphatic carbocycles. The van der Waals surface area contributed by atoms with Crippen molar-refractivity contribution in [2.75, 3.05) is 5.32 Å². The number of anilines is 1. The lowest BCUT2D eigenvalue weighted by Crippen LogP contribution is -2.16. The maximum absolute atomic E-state index is 12.3. The Bertz CT molecular complexity index is 703. The minimum Gasteiger partial charge on any atom is -0.320 e. The van der Waals surface area contributed by atoms with Crippen molar-refractivity contribution in [1.82, 2.24) is 4.98 Å². The second-order valence-electron chi connectivity index (χ2n) is 4.77. The van der Waals surface area contributed by atoms with E-state index in [0.717, 1.165) is 11.3 Å². The smallest absolute Gasteiger partial charge is 0.282 e. The van der Waals surface area contributed by atoms with E-state index in [9.17, 15) is 14.9 Å². The predicted molar refractivity (Wildman–Crippen MR) is 79.5 cm³/mol. The fourth-order valence-corrected chi connectivity index (χ4v) is 2.22. The standard InChI is InChI=1S/C15H15N3O3/c1-9-8-10(2)16-11(3)14(9)17-15(19)12-6-4-5-7-13(12)18(20)21/h4-8H,1-3H3,(H,17,19). The molecule has 2 aromatic rings. The van der Waals surface area contributed by atoms with Gasteiger partial charge in [-0.05, 0) is 38.5 Å². The molecule has 2 rings (SSSR count). The number of nitrogens with one attached hydrogen (secondary N) is 1. The number of aromatic nitrogens is 1.